The molecule has 1 aromatic rings. The Labute approximate surface area is 127 Å². The van der Waals surface area contributed by atoms with Gasteiger partial charge in [0.1, 0.15) is 0 Å². The van der Waals surface area contributed by atoms with Gasteiger partial charge in [-0.2, -0.15) is 0 Å². The second kappa shape index (κ2) is 7.68. The molecule has 2 rings (SSSR count). The van der Waals surface area contributed by atoms with Gasteiger partial charge >= 0.3 is 0 Å². The number of hydrogen-bond acceptors (Lipinski definition) is 0. The van der Waals surface area contributed by atoms with Crippen LogP contribution in [0.4, 0.5) is 0 Å². The van der Waals surface area contributed by atoms with E-state index >= 15 is 0 Å². The van der Waals surface area contributed by atoms with Crippen LogP contribution in [0.5, 0.6) is 0 Å². The van der Waals surface area contributed by atoms with Crippen LogP contribution in [-0.2, 0) is 0 Å². The Kier molecular flexibility index (Phi) is 6.22. The highest BCUT2D eigenvalue weighted by Crippen LogP contribution is 2.35. The summed E-state index contributed by atoms with van der Waals surface area (Å²) < 4.78 is 1.36. The molecule has 2 heteroatoms. The summed E-state index contributed by atoms with van der Waals surface area (Å²) in [4.78, 5) is 0. The SMILES string of the molecule is CCCCC[SiH]1CCC(c2ccc(I)cc2)CC1. The number of unbranched alkanes of at least 4 members (excludes halogenated alkanes) is 2. The molecule has 1 saturated heterocycles. The highest BCUT2D eigenvalue weighted by Gasteiger charge is 2.22. The summed E-state index contributed by atoms with van der Waals surface area (Å²) in [5.41, 5.74) is 1.59. The lowest BCUT2D eigenvalue weighted by molar-refractivity contribution is 0.603. The summed E-state index contributed by atoms with van der Waals surface area (Å²) in [6, 6.07) is 14.0. The molecule has 0 spiro atoms. The Morgan fingerprint density at radius 1 is 1.11 bits per heavy atom. The minimum Gasteiger partial charge on any atom is -0.0654 e. The van der Waals surface area contributed by atoms with Crippen molar-refractivity contribution in [2.45, 2.75) is 63.1 Å². The fourth-order valence-electron chi connectivity index (χ4n) is 3.20. The van der Waals surface area contributed by atoms with Gasteiger partial charge in [-0.1, -0.05) is 56.5 Å². The van der Waals surface area contributed by atoms with Gasteiger partial charge in [0, 0.05) is 12.4 Å². The van der Waals surface area contributed by atoms with Crippen LogP contribution in [0.2, 0.25) is 18.1 Å². The Hall–Kier alpha value is 0.167. The lowest BCUT2D eigenvalue weighted by Gasteiger charge is -2.28. The zero-order valence-corrected chi connectivity index (χ0v) is 14.8. The first-order valence-electron chi connectivity index (χ1n) is 7.55. The summed E-state index contributed by atoms with van der Waals surface area (Å²) in [6.45, 7) is 2.31. The standard InChI is InChI=1S/C16H25ISi/c1-2-3-4-11-18-12-9-15(10-13-18)14-5-7-16(17)8-6-14/h5-8,15,18H,2-4,9-13H2,1H3. The predicted molar refractivity (Wildman–Crippen MR) is 92.2 cm³/mol. The first kappa shape index (κ1) is 14.6. The highest BCUT2D eigenvalue weighted by molar-refractivity contribution is 14.1. The molecule has 0 unspecified atom stereocenters. The molecule has 0 amide bonds. The maximum Gasteiger partial charge on any atom is 0.0368 e. The van der Waals surface area contributed by atoms with E-state index < -0.39 is 0 Å². The molecule has 0 atom stereocenters. The second-order valence-corrected chi connectivity index (χ2v) is 10.5. The summed E-state index contributed by atoms with van der Waals surface area (Å²) in [6.07, 6.45) is 7.31. The van der Waals surface area contributed by atoms with Crippen LogP contribution >= 0.6 is 22.6 Å². The molecule has 1 aromatic carbocycles. The summed E-state index contributed by atoms with van der Waals surface area (Å²) in [5.74, 6) is 0.872. The Morgan fingerprint density at radius 2 is 1.78 bits per heavy atom. The van der Waals surface area contributed by atoms with Crippen LogP contribution in [-0.4, -0.2) is 8.80 Å². The average molecular weight is 372 g/mol. The van der Waals surface area contributed by atoms with E-state index in [0.717, 1.165) is 5.92 Å². The molecule has 0 N–H and O–H groups in total. The smallest absolute Gasteiger partial charge is 0.0368 e. The van der Waals surface area contributed by atoms with Gasteiger partial charge in [0.25, 0.3) is 0 Å². The highest BCUT2D eigenvalue weighted by atomic mass is 127. The fraction of sp³-hybridized carbons (Fsp3) is 0.625. The van der Waals surface area contributed by atoms with Gasteiger partial charge in [0.2, 0.25) is 0 Å². The molecule has 100 valence electrons. The maximum atomic E-state index is 2.40. The summed E-state index contributed by atoms with van der Waals surface area (Å²) in [5, 5.41) is 0. The van der Waals surface area contributed by atoms with Crippen molar-refractivity contribution >= 4 is 31.4 Å². The maximum absolute atomic E-state index is 2.40. The summed E-state index contributed by atoms with van der Waals surface area (Å²) in [7, 11) is -0.331. The normalized spacial score (nSPS) is 24.1. The molecular weight excluding hydrogens is 347 g/mol. The number of hydrogen-bond donors (Lipinski definition) is 0. The molecule has 0 bridgehead atoms. The second-order valence-electron chi connectivity index (χ2n) is 5.76. The molecular formula is C16H25ISi. The Balaban J connectivity index is 1.77. The van der Waals surface area contributed by atoms with E-state index in [1.807, 2.05) is 0 Å². The molecule has 1 heterocycles. The topological polar surface area (TPSA) is 0 Å². The number of rotatable bonds is 5. The van der Waals surface area contributed by atoms with E-state index in [0.29, 0.717) is 0 Å². The Morgan fingerprint density at radius 3 is 2.39 bits per heavy atom. The number of benzene rings is 1. The van der Waals surface area contributed by atoms with Gasteiger partial charge in [-0.05, 0) is 59.0 Å². The van der Waals surface area contributed by atoms with Crippen LogP contribution < -0.4 is 0 Å². The van der Waals surface area contributed by atoms with Crippen LogP contribution in [0, 0.1) is 3.57 Å². The summed E-state index contributed by atoms with van der Waals surface area (Å²) >= 11 is 2.40. The quantitative estimate of drug-likeness (QED) is 0.359. The third-order valence-electron chi connectivity index (χ3n) is 4.40. The van der Waals surface area contributed by atoms with Crippen molar-refractivity contribution in [2.75, 3.05) is 0 Å². The van der Waals surface area contributed by atoms with Gasteiger partial charge in [-0.3, -0.25) is 0 Å². The van der Waals surface area contributed by atoms with Crippen molar-refractivity contribution in [2.24, 2.45) is 0 Å². The molecule has 18 heavy (non-hydrogen) atoms. The van der Waals surface area contributed by atoms with Crippen molar-refractivity contribution in [1.29, 1.82) is 0 Å². The van der Waals surface area contributed by atoms with Gasteiger partial charge in [0.05, 0.1) is 0 Å². The van der Waals surface area contributed by atoms with Crippen LogP contribution in [0.3, 0.4) is 0 Å². The molecule has 1 aliphatic rings. The van der Waals surface area contributed by atoms with E-state index in [-0.39, 0.29) is 8.80 Å². The van der Waals surface area contributed by atoms with Gasteiger partial charge < -0.3 is 0 Å². The first-order valence-corrected chi connectivity index (χ1v) is 11.1. The predicted octanol–water partition coefficient (Wildman–Crippen LogP) is 5.59. The van der Waals surface area contributed by atoms with E-state index in [1.165, 1.54) is 35.7 Å². The van der Waals surface area contributed by atoms with Crippen molar-refractivity contribution in [3.8, 4) is 0 Å². The van der Waals surface area contributed by atoms with E-state index in [4.69, 9.17) is 0 Å². The molecule has 0 nitrogen and oxygen atoms in total. The third kappa shape index (κ3) is 4.37. The molecule has 1 aliphatic heterocycles. The largest absolute Gasteiger partial charge is 0.0654 e. The minimum absolute atomic E-state index is 0.331. The Bertz CT molecular complexity index is 339. The van der Waals surface area contributed by atoms with E-state index in [2.05, 4.69) is 53.8 Å². The molecule has 0 radical (unpaired) electrons. The van der Waals surface area contributed by atoms with Crippen molar-refractivity contribution in [3.63, 3.8) is 0 Å². The third-order valence-corrected chi connectivity index (χ3v) is 8.65. The van der Waals surface area contributed by atoms with Gasteiger partial charge in [0.15, 0.2) is 0 Å². The monoisotopic (exact) mass is 372 g/mol. The van der Waals surface area contributed by atoms with Gasteiger partial charge in [-0.15, -0.1) is 0 Å². The zero-order valence-electron chi connectivity index (χ0n) is 11.5. The molecule has 0 saturated carbocycles. The van der Waals surface area contributed by atoms with Crippen LogP contribution in [0.1, 0.15) is 50.5 Å². The first-order chi connectivity index (χ1) is 8.79. The van der Waals surface area contributed by atoms with Crippen LogP contribution in [0.25, 0.3) is 0 Å². The van der Waals surface area contributed by atoms with Crippen LogP contribution in [0.15, 0.2) is 24.3 Å². The van der Waals surface area contributed by atoms with Crippen molar-refractivity contribution < 1.29 is 0 Å². The number of halogens is 1. The minimum atomic E-state index is -0.331. The van der Waals surface area contributed by atoms with Crippen molar-refractivity contribution in [1.82, 2.24) is 0 Å². The fourth-order valence-corrected chi connectivity index (χ4v) is 7.04. The average Bonchev–Trinajstić information content (AvgIpc) is 2.41. The lowest BCUT2D eigenvalue weighted by Crippen LogP contribution is -2.20. The molecule has 0 aromatic heterocycles. The molecule has 1 fully saturated rings. The van der Waals surface area contributed by atoms with Gasteiger partial charge in [-0.25, -0.2) is 0 Å². The molecule has 0 aliphatic carbocycles. The van der Waals surface area contributed by atoms with Crippen molar-refractivity contribution in [3.05, 3.63) is 33.4 Å². The van der Waals surface area contributed by atoms with E-state index in [1.54, 1.807) is 23.7 Å². The van der Waals surface area contributed by atoms with E-state index in [9.17, 15) is 0 Å². The zero-order chi connectivity index (χ0) is 12.8. The lowest BCUT2D eigenvalue weighted by atomic mass is 9.94.